The molecule has 0 aliphatic carbocycles. The second-order valence-electron chi connectivity index (χ2n) is 7.03. The summed E-state index contributed by atoms with van der Waals surface area (Å²) in [7, 11) is 1.38. The Morgan fingerprint density at radius 1 is 1.30 bits per heavy atom. The van der Waals surface area contributed by atoms with E-state index < -0.39 is 6.09 Å². The highest BCUT2D eigenvalue weighted by Gasteiger charge is 2.32. The van der Waals surface area contributed by atoms with E-state index in [0.29, 0.717) is 18.2 Å². The number of hydrogen-bond donors (Lipinski definition) is 1. The molecule has 1 amide bonds. The Balaban J connectivity index is 1.85. The molecule has 4 rings (SSSR count). The van der Waals surface area contributed by atoms with E-state index in [2.05, 4.69) is 15.1 Å². The van der Waals surface area contributed by atoms with Crippen LogP contribution in [0.5, 0.6) is 11.6 Å². The Kier molecular flexibility index (Phi) is 5.62. The third kappa shape index (κ3) is 3.71. The van der Waals surface area contributed by atoms with Gasteiger partial charge in [0.05, 0.1) is 38.3 Å². The van der Waals surface area contributed by atoms with E-state index in [9.17, 15) is 9.90 Å². The largest absolute Gasteiger partial charge is 0.452 e. The molecule has 1 N–H and O–H groups in total. The molecule has 0 spiro atoms. The van der Waals surface area contributed by atoms with Crippen LogP contribution in [0.3, 0.4) is 0 Å². The van der Waals surface area contributed by atoms with Crippen molar-refractivity contribution in [3.05, 3.63) is 48.7 Å². The second-order valence-corrected chi connectivity index (χ2v) is 7.03. The van der Waals surface area contributed by atoms with Crippen LogP contribution >= 0.6 is 0 Å². The molecule has 0 saturated carbocycles. The molecule has 30 heavy (non-hydrogen) atoms. The summed E-state index contributed by atoms with van der Waals surface area (Å²) in [5, 5.41) is 13.5. The lowest BCUT2D eigenvalue weighted by Crippen LogP contribution is -2.42. The number of hydrogen-bond acceptors (Lipinski definition) is 7. The van der Waals surface area contributed by atoms with Gasteiger partial charge in [0.25, 0.3) is 0 Å². The molecule has 3 heterocycles. The number of nitrogens with zero attached hydrogens (tertiary/aromatic N) is 5. The summed E-state index contributed by atoms with van der Waals surface area (Å²) in [5.41, 5.74) is 3.32. The van der Waals surface area contributed by atoms with Crippen LogP contribution in [0.25, 0.3) is 11.1 Å². The maximum Gasteiger partial charge on any atom is 0.414 e. The number of carbonyl (C=O) groups is 1. The summed E-state index contributed by atoms with van der Waals surface area (Å²) in [6.45, 7) is 2.40. The molecule has 1 aliphatic rings. The van der Waals surface area contributed by atoms with E-state index in [1.54, 1.807) is 34.4 Å². The molecular weight excluding hydrogens is 386 g/mol. The molecule has 156 valence electrons. The quantitative estimate of drug-likeness (QED) is 0.691. The van der Waals surface area contributed by atoms with Gasteiger partial charge in [0.15, 0.2) is 0 Å². The fourth-order valence-electron chi connectivity index (χ4n) is 3.70. The first-order valence-corrected chi connectivity index (χ1v) is 9.73. The van der Waals surface area contributed by atoms with Crippen molar-refractivity contribution in [1.29, 1.82) is 0 Å². The molecule has 3 aromatic rings. The zero-order valence-electron chi connectivity index (χ0n) is 16.9. The smallest absolute Gasteiger partial charge is 0.414 e. The number of anilines is 1. The molecule has 9 nitrogen and oxygen atoms in total. The van der Waals surface area contributed by atoms with E-state index in [4.69, 9.17) is 9.47 Å². The van der Waals surface area contributed by atoms with E-state index in [1.165, 1.54) is 7.11 Å². The highest BCUT2D eigenvalue weighted by molar-refractivity contribution is 5.92. The van der Waals surface area contributed by atoms with Gasteiger partial charge in [0.1, 0.15) is 5.75 Å². The topological polar surface area (TPSA) is 103 Å². The predicted molar refractivity (Wildman–Crippen MR) is 110 cm³/mol. The fraction of sp³-hybridized carbons (Fsp3) is 0.333. The van der Waals surface area contributed by atoms with Crippen molar-refractivity contribution < 1.29 is 19.4 Å². The van der Waals surface area contributed by atoms with Crippen molar-refractivity contribution in [3.63, 3.8) is 0 Å². The van der Waals surface area contributed by atoms with Gasteiger partial charge >= 0.3 is 6.09 Å². The first kappa shape index (κ1) is 19.8. The summed E-state index contributed by atoms with van der Waals surface area (Å²) in [6.07, 6.45) is 9.36. The fourth-order valence-corrected chi connectivity index (χ4v) is 3.70. The molecule has 1 aliphatic heterocycles. The lowest BCUT2D eigenvalue weighted by Gasteiger charge is -2.35. The van der Waals surface area contributed by atoms with Gasteiger partial charge < -0.3 is 14.6 Å². The van der Waals surface area contributed by atoms with Crippen molar-refractivity contribution in [1.82, 2.24) is 19.7 Å². The van der Waals surface area contributed by atoms with Gasteiger partial charge in [-0.05, 0) is 31.9 Å². The Labute approximate surface area is 173 Å². The van der Waals surface area contributed by atoms with Gasteiger partial charge in [-0.2, -0.15) is 5.10 Å². The monoisotopic (exact) mass is 409 g/mol. The normalized spacial score (nSPS) is 15.6. The molecule has 0 fully saturated rings. The van der Waals surface area contributed by atoms with Crippen LogP contribution in [0.1, 0.15) is 18.9 Å². The van der Waals surface area contributed by atoms with Gasteiger partial charge in [-0.25, -0.2) is 9.78 Å². The van der Waals surface area contributed by atoms with Crippen molar-refractivity contribution in [2.45, 2.75) is 32.4 Å². The van der Waals surface area contributed by atoms with Crippen LogP contribution in [0.2, 0.25) is 0 Å². The Bertz CT molecular complexity index is 1040. The van der Waals surface area contributed by atoms with Gasteiger partial charge in [-0.3, -0.25) is 14.6 Å². The first-order chi connectivity index (χ1) is 14.6. The Hall–Kier alpha value is -3.46. The zero-order chi connectivity index (χ0) is 21.1. The van der Waals surface area contributed by atoms with E-state index >= 15 is 0 Å². The van der Waals surface area contributed by atoms with Crippen LogP contribution < -0.4 is 9.64 Å². The number of rotatable bonds is 5. The van der Waals surface area contributed by atoms with E-state index in [-0.39, 0.29) is 12.6 Å². The standard InChI is InChI=1S/C21H23N5O4/c1-14-3-4-17-18(26(14)21(28)29-2)6-5-16(15-11-24-25(13-15)9-10-27)20(17)30-19-12-22-7-8-23-19/h5-8,11-14,27H,3-4,9-10H2,1-2H3/t14-/m0/s1. The van der Waals surface area contributed by atoms with Gasteiger partial charge in [-0.1, -0.05) is 0 Å². The predicted octanol–water partition coefficient (Wildman–Crippen LogP) is 3.03. The number of ether oxygens (including phenoxy) is 2. The van der Waals surface area contributed by atoms with Gasteiger partial charge in [0.2, 0.25) is 5.88 Å². The highest BCUT2D eigenvalue weighted by atomic mass is 16.5. The number of benzene rings is 1. The summed E-state index contributed by atoms with van der Waals surface area (Å²) in [6, 6.07) is 3.82. The van der Waals surface area contributed by atoms with Crippen LogP contribution in [0.4, 0.5) is 10.5 Å². The Morgan fingerprint density at radius 2 is 2.17 bits per heavy atom. The number of aromatic nitrogens is 4. The lowest BCUT2D eigenvalue weighted by atomic mass is 9.92. The molecule has 1 atom stereocenters. The second kappa shape index (κ2) is 8.50. The first-order valence-electron chi connectivity index (χ1n) is 9.73. The summed E-state index contributed by atoms with van der Waals surface area (Å²) in [4.78, 5) is 22.4. The molecule has 2 aromatic heterocycles. The number of carbonyl (C=O) groups excluding carboxylic acids is 1. The molecule has 9 heteroatoms. The third-order valence-corrected chi connectivity index (χ3v) is 5.14. The van der Waals surface area contributed by atoms with Crippen LogP contribution in [-0.2, 0) is 17.7 Å². The van der Waals surface area contributed by atoms with Crippen molar-refractivity contribution in [3.8, 4) is 22.8 Å². The average molecular weight is 409 g/mol. The zero-order valence-corrected chi connectivity index (χ0v) is 16.9. The minimum Gasteiger partial charge on any atom is -0.452 e. The number of aliphatic hydroxyl groups excluding tert-OH is 1. The molecular formula is C21H23N5O4. The highest BCUT2D eigenvalue weighted by Crippen LogP contribution is 2.44. The lowest BCUT2D eigenvalue weighted by molar-refractivity contribution is 0.175. The van der Waals surface area contributed by atoms with Crippen LogP contribution in [-0.4, -0.2) is 50.7 Å². The van der Waals surface area contributed by atoms with E-state index in [1.807, 2.05) is 25.3 Å². The molecule has 1 aromatic carbocycles. The summed E-state index contributed by atoms with van der Waals surface area (Å²) < 4.78 is 12.9. The van der Waals surface area contributed by atoms with E-state index in [0.717, 1.165) is 35.2 Å². The minimum absolute atomic E-state index is 0.000246. The minimum atomic E-state index is -0.405. The maximum absolute atomic E-state index is 12.4. The summed E-state index contributed by atoms with van der Waals surface area (Å²) in [5.74, 6) is 0.968. The Morgan fingerprint density at radius 3 is 2.90 bits per heavy atom. The van der Waals surface area contributed by atoms with Gasteiger partial charge in [-0.15, -0.1) is 0 Å². The van der Waals surface area contributed by atoms with Crippen LogP contribution in [0.15, 0.2) is 43.1 Å². The van der Waals surface area contributed by atoms with Crippen molar-refractivity contribution in [2.24, 2.45) is 0 Å². The molecule has 0 radical (unpaired) electrons. The molecule has 0 bridgehead atoms. The third-order valence-electron chi connectivity index (χ3n) is 5.14. The number of aliphatic hydroxyl groups is 1. The van der Waals surface area contributed by atoms with Crippen molar-refractivity contribution >= 4 is 11.8 Å². The summed E-state index contributed by atoms with van der Waals surface area (Å²) >= 11 is 0. The number of fused-ring (bicyclic) bond motifs is 1. The van der Waals surface area contributed by atoms with Gasteiger partial charge in [0, 0.05) is 41.3 Å². The maximum atomic E-state index is 12.4. The SMILES string of the molecule is COC(=O)N1c2ccc(-c3cnn(CCO)c3)c(Oc3cnccn3)c2CC[C@@H]1C. The van der Waals surface area contributed by atoms with Crippen LogP contribution in [0, 0.1) is 0 Å². The average Bonchev–Trinajstić information content (AvgIpc) is 3.22. The number of methoxy groups -OCH3 is 1. The number of amides is 1. The van der Waals surface area contributed by atoms with Crippen molar-refractivity contribution in [2.75, 3.05) is 18.6 Å². The molecule has 0 unspecified atom stereocenters. The molecule has 0 saturated heterocycles.